The molecule has 33 heavy (non-hydrogen) atoms. The molecule has 7 heteroatoms. The molecule has 0 unspecified atom stereocenters. The standard InChI is InChI=1S/C26H32N2O5/c1-31-20-10-8-19(9-11-20)28-24(29)14-12-21(26(30)27-15-5-4-6-16-27)25(28)18-7-13-22(32-2)23(17-18)33-3/h7-11,13,17,21,25H,4-6,12,14-16H2,1-3H3/t21-,25-/m1/s1. The lowest BCUT2D eigenvalue weighted by atomic mass is 9.82. The molecular weight excluding hydrogens is 420 g/mol. The molecular formula is C26H32N2O5. The number of methoxy groups -OCH3 is 3. The van der Waals surface area contributed by atoms with Gasteiger partial charge >= 0.3 is 0 Å². The lowest BCUT2D eigenvalue weighted by molar-refractivity contribution is -0.139. The highest BCUT2D eigenvalue weighted by atomic mass is 16.5. The summed E-state index contributed by atoms with van der Waals surface area (Å²) in [7, 11) is 4.79. The van der Waals surface area contributed by atoms with Gasteiger partial charge in [0.05, 0.1) is 33.3 Å². The highest BCUT2D eigenvalue weighted by molar-refractivity contribution is 5.97. The van der Waals surface area contributed by atoms with Crippen molar-refractivity contribution in [3.63, 3.8) is 0 Å². The van der Waals surface area contributed by atoms with Gasteiger partial charge in [-0.25, -0.2) is 0 Å². The molecule has 176 valence electrons. The van der Waals surface area contributed by atoms with E-state index < -0.39 is 6.04 Å². The van der Waals surface area contributed by atoms with Gasteiger partial charge in [0, 0.05) is 25.2 Å². The normalized spacial score (nSPS) is 21.0. The molecule has 2 aromatic rings. The zero-order valence-corrected chi connectivity index (χ0v) is 19.6. The molecule has 0 aromatic heterocycles. The van der Waals surface area contributed by atoms with Crippen molar-refractivity contribution in [3.05, 3.63) is 48.0 Å². The maximum absolute atomic E-state index is 13.7. The summed E-state index contributed by atoms with van der Waals surface area (Å²) in [5.41, 5.74) is 1.60. The minimum atomic E-state index is -0.436. The molecule has 2 aliphatic rings. The Balaban J connectivity index is 1.78. The number of likely N-dealkylation sites (tertiary alicyclic amines) is 1. The van der Waals surface area contributed by atoms with Crippen molar-refractivity contribution in [2.75, 3.05) is 39.3 Å². The number of carbonyl (C=O) groups excluding carboxylic acids is 2. The Morgan fingerprint density at radius 1 is 0.879 bits per heavy atom. The van der Waals surface area contributed by atoms with Crippen molar-refractivity contribution in [2.45, 2.75) is 38.1 Å². The fourth-order valence-corrected chi connectivity index (χ4v) is 4.97. The molecule has 4 rings (SSSR count). The Morgan fingerprint density at radius 2 is 1.58 bits per heavy atom. The molecule has 2 saturated heterocycles. The highest BCUT2D eigenvalue weighted by Gasteiger charge is 2.43. The van der Waals surface area contributed by atoms with Gasteiger partial charge in [0.15, 0.2) is 11.5 Å². The average molecular weight is 453 g/mol. The predicted molar refractivity (Wildman–Crippen MR) is 126 cm³/mol. The first-order chi connectivity index (χ1) is 16.1. The maximum Gasteiger partial charge on any atom is 0.228 e. The van der Waals surface area contributed by atoms with E-state index in [1.165, 1.54) is 0 Å². The van der Waals surface area contributed by atoms with Crippen molar-refractivity contribution in [1.82, 2.24) is 4.90 Å². The van der Waals surface area contributed by atoms with Crippen LogP contribution in [0.3, 0.4) is 0 Å². The summed E-state index contributed by atoms with van der Waals surface area (Å²) in [4.78, 5) is 30.7. The van der Waals surface area contributed by atoms with E-state index in [0.717, 1.165) is 43.6 Å². The average Bonchev–Trinajstić information content (AvgIpc) is 2.88. The number of ether oxygens (including phenoxy) is 3. The van der Waals surface area contributed by atoms with E-state index in [1.54, 1.807) is 26.2 Å². The van der Waals surface area contributed by atoms with Gasteiger partial charge in [0.2, 0.25) is 11.8 Å². The van der Waals surface area contributed by atoms with E-state index in [-0.39, 0.29) is 17.7 Å². The number of piperidine rings is 2. The van der Waals surface area contributed by atoms with Crippen LogP contribution in [-0.4, -0.2) is 51.1 Å². The Bertz CT molecular complexity index is 985. The number of carbonyl (C=O) groups is 2. The second-order valence-corrected chi connectivity index (χ2v) is 8.55. The Labute approximate surface area is 195 Å². The summed E-state index contributed by atoms with van der Waals surface area (Å²) in [5, 5.41) is 0. The second-order valence-electron chi connectivity index (χ2n) is 8.55. The van der Waals surface area contributed by atoms with Crippen molar-refractivity contribution in [3.8, 4) is 17.2 Å². The summed E-state index contributed by atoms with van der Waals surface area (Å²) < 4.78 is 16.2. The van der Waals surface area contributed by atoms with Crippen LogP contribution in [0.4, 0.5) is 5.69 Å². The lowest BCUT2D eigenvalue weighted by Gasteiger charge is -2.43. The molecule has 2 atom stereocenters. The first kappa shape index (κ1) is 23.0. The van der Waals surface area contributed by atoms with Gasteiger partial charge in [-0.1, -0.05) is 6.07 Å². The third-order valence-electron chi connectivity index (χ3n) is 6.68. The van der Waals surface area contributed by atoms with Gasteiger partial charge in [0.1, 0.15) is 5.75 Å². The Morgan fingerprint density at radius 3 is 2.21 bits per heavy atom. The van der Waals surface area contributed by atoms with Crippen LogP contribution in [0, 0.1) is 5.92 Å². The molecule has 7 nitrogen and oxygen atoms in total. The molecule has 2 amide bonds. The Kier molecular flexibility index (Phi) is 7.06. The SMILES string of the molecule is COc1ccc(N2C(=O)CC[C@@H](C(=O)N3CCCCC3)[C@H]2c2ccc(OC)c(OC)c2)cc1. The van der Waals surface area contributed by atoms with Crippen LogP contribution >= 0.6 is 0 Å². The van der Waals surface area contributed by atoms with E-state index in [2.05, 4.69) is 0 Å². The van der Waals surface area contributed by atoms with Gasteiger partial charge in [-0.3, -0.25) is 9.59 Å². The van der Waals surface area contributed by atoms with E-state index in [9.17, 15) is 9.59 Å². The third-order valence-corrected chi connectivity index (χ3v) is 6.68. The summed E-state index contributed by atoms with van der Waals surface area (Å²) >= 11 is 0. The molecule has 2 heterocycles. The number of nitrogens with zero attached hydrogens (tertiary/aromatic N) is 2. The van der Waals surface area contributed by atoms with Gasteiger partial charge in [-0.2, -0.15) is 0 Å². The van der Waals surface area contributed by atoms with Gasteiger partial charge in [-0.05, 0) is 67.6 Å². The second kappa shape index (κ2) is 10.1. The molecule has 2 fully saturated rings. The van der Waals surface area contributed by atoms with Crippen molar-refractivity contribution in [2.24, 2.45) is 5.92 Å². The first-order valence-electron chi connectivity index (χ1n) is 11.5. The zero-order valence-electron chi connectivity index (χ0n) is 19.6. The zero-order chi connectivity index (χ0) is 23.4. The van der Waals surface area contributed by atoms with Crippen molar-refractivity contribution in [1.29, 1.82) is 0 Å². The van der Waals surface area contributed by atoms with Gasteiger partial charge in [0.25, 0.3) is 0 Å². The maximum atomic E-state index is 13.7. The largest absolute Gasteiger partial charge is 0.497 e. The van der Waals surface area contributed by atoms with Crippen molar-refractivity contribution < 1.29 is 23.8 Å². The van der Waals surface area contributed by atoms with E-state index in [4.69, 9.17) is 14.2 Å². The summed E-state index contributed by atoms with van der Waals surface area (Å²) in [6.07, 6.45) is 4.07. The van der Waals surface area contributed by atoms with Crippen LogP contribution in [0.1, 0.15) is 43.7 Å². The van der Waals surface area contributed by atoms with Crippen LogP contribution in [0.5, 0.6) is 17.2 Å². The minimum absolute atomic E-state index is 0.00245. The fraction of sp³-hybridized carbons (Fsp3) is 0.462. The summed E-state index contributed by atoms with van der Waals surface area (Å²) in [6.45, 7) is 1.56. The fourth-order valence-electron chi connectivity index (χ4n) is 4.97. The molecule has 0 spiro atoms. The molecule has 0 N–H and O–H groups in total. The smallest absolute Gasteiger partial charge is 0.228 e. The molecule has 0 aliphatic carbocycles. The Hall–Kier alpha value is -3.22. The summed E-state index contributed by atoms with van der Waals surface area (Å²) in [5.74, 6) is 1.70. The van der Waals surface area contributed by atoms with Crippen LogP contribution in [0.25, 0.3) is 0 Å². The number of anilines is 1. The summed E-state index contributed by atoms with van der Waals surface area (Å²) in [6, 6.07) is 12.6. The number of hydrogen-bond donors (Lipinski definition) is 0. The van der Waals surface area contributed by atoms with Crippen LogP contribution in [-0.2, 0) is 9.59 Å². The van der Waals surface area contributed by atoms with Gasteiger partial charge in [-0.15, -0.1) is 0 Å². The topological polar surface area (TPSA) is 68.3 Å². The van der Waals surface area contributed by atoms with Crippen LogP contribution in [0.15, 0.2) is 42.5 Å². The molecule has 0 radical (unpaired) electrons. The molecule has 0 bridgehead atoms. The number of amides is 2. The predicted octanol–water partition coefficient (Wildman–Crippen LogP) is 4.21. The third kappa shape index (κ3) is 4.63. The van der Waals surface area contributed by atoms with E-state index in [1.807, 2.05) is 47.4 Å². The number of rotatable bonds is 6. The number of benzene rings is 2. The van der Waals surface area contributed by atoms with Crippen LogP contribution in [0.2, 0.25) is 0 Å². The number of hydrogen-bond acceptors (Lipinski definition) is 5. The lowest BCUT2D eigenvalue weighted by Crippen LogP contribution is -2.50. The molecule has 2 aliphatic heterocycles. The van der Waals surface area contributed by atoms with Crippen LogP contribution < -0.4 is 19.1 Å². The van der Waals surface area contributed by atoms with E-state index >= 15 is 0 Å². The van der Waals surface area contributed by atoms with Gasteiger partial charge < -0.3 is 24.0 Å². The highest BCUT2D eigenvalue weighted by Crippen LogP contribution is 2.43. The van der Waals surface area contributed by atoms with Crippen molar-refractivity contribution >= 4 is 17.5 Å². The van der Waals surface area contributed by atoms with E-state index in [0.29, 0.717) is 30.1 Å². The monoisotopic (exact) mass is 452 g/mol. The first-order valence-corrected chi connectivity index (χ1v) is 11.5. The molecule has 2 aromatic carbocycles. The quantitative estimate of drug-likeness (QED) is 0.657. The molecule has 0 saturated carbocycles. The minimum Gasteiger partial charge on any atom is -0.497 e.